The normalized spacial score (nSPS) is 16.8. The molecule has 4 rings (SSSR count). The van der Waals surface area contributed by atoms with Crippen molar-refractivity contribution in [2.75, 3.05) is 6.54 Å². The van der Waals surface area contributed by atoms with E-state index >= 15 is 0 Å². The van der Waals surface area contributed by atoms with Crippen LogP contribution in [0.3, 0.4) is 0 Å². The third kappa shape index (κ3) is 6.29. The van der Waals surface area contributed by atoms with E-state index in [1.165, 1.54) is 28.6 Å². The van der Waals surface area contributed by atoms with E-state index in [1.807, 2.05) is 6.07 Å². The molecule has 3 aromatic rings. The highest BCUT2D eigenvalue weighted by atomic mass is 35.5. The highest BCUT2D eigenvalue weighted by molar-refractivity contribution is 7.91. The van der Waals surface area contributed by atoms with Crippen molar-refractivity contribution in [3.63, 3.8) is 0 Å². The van der Waals surface area contributed by atoms with Gasteiger partial charge in [-0.15, -0.1) is 11.3 Å². The van der Waals surface area contributed by atoms with Crippen LogP contribution in [0.25, 0.3) is 0 Å². The summed E-state index contributed by atoms with van der Waals surface area (Å²) in [4.78, 5) is 13.0. The third-order valence-electron chi connectivity index (χ3n) is 5.93. The zero-order valence-corrected chi connectivity index (χ0v) is 21.4. The summed E-state index contributed by atoms with van der Waals surface area (Å²) in [5, 5.41) is 0. The SMILES string of the molecule is O=C(CCc1cccc(OCc2ccc(C(F)(F)F)cc2)c1)[C@@H]1CCCN1S(=O)(=O)c1ccc(Cl)s1. The van der Waals surface area contributed by atoms with Gasteiger partial charge in [0, 0.05) is 13.0 Å². The van der Waals surface area contributed by atoms with Crippen molar-refractivity contribution in [1.29, 1.82) is 0 Å². The van der Waals surface area contributed by atoms with E-state index in [4.69, 9.17) is 16.3 Å². The van der Waals surface area contributed by atoms with Crippen LogP contribution in [-0.2, 0) is 34.0 Å². The lowest BCUT2D eigenvalue weighted by Crippen LogP contribution is -2.40. The standard InChI is InChI=1S/C25H23ClF3NO4S2/c26-23-12-13-24(35-23)36(32,33)30-14-2-5-21(30)22(31)11-8-17-3-1-4-20(15-17)34-16-18-6-9-19(10-7-18)25(27,28)29/h1,3-4,6-7,9-10,12-13,15,21H,2,5,8,11,14,16H2/t21-/m0/s1. The van der Waals surface area contributed by atoms with E-state index in [0.29, 0.717) is 41.5 Å². The molecule has 0 bridgehead atoms. The molecule has 1 atom stereocenters. The maximum atomic E-state index is 13.0. The number of ketones is 1. The molecule has 1 saturated heterocycles. The van der Waals surface area contributed by atoms with E-state index in [9.17, 15) is 26.4 Å². The predicted octanol–water partition coefficient (Wildman–Crippen LogP) is 6.35. The lowest BCUT2D eigenvalue weighted by Gasteiger charge is -2.22. The molecule has 5 nitrogen and oxygen atoms in total. The molecule has 0 aliphatic carbocycles. The van der Waals surface area contributed by atoms with E-state index < -0.39 is 27.8 Å². The largest absolute Gasteiger partial charge is 0.489 e. The van der Waals surface area contributed by atoms with Crippen LogP contribution in [0.1, 0.15) is 36.0 Å². The lowest BCUT2D eigenvalue weighted by atomic mass is 10.0. The molecule has 1 aliphatic rings. The number of rotatable bonds is 9. The number of sulfonamides is 1. The second-order valence-corrected chi connectivity index (χ2v) is 12.3. The predicted molar refractivity (Wildman–Crippen MR) is 132 cm³/mol. The molecule has 0 N–H and O–H groups in total. The Balaban J connectivity index is 1.34. The molecule has 1 aromatic heterocycles. The fourth-order valence-electron chi connectivity index (χ4n) is 4.08. The number of ether oxygens (including phenoxy) is 1. The zero-order valence-electron chi connectivity index (χ0n) is 19.0. The van der Waals surface area contributed by atoms with Crippen LogP contribution in [0.4, 0.5) is 13.2 Å². The summed E-state index contributed by atoms with van der Waals surface area (Å²) >= 11 is 6.87. The maximum Gasteiger partial charge on any atom is 0.416 e. The van der Waals surface area contributed by atoms with Crippen molar-refractivity contribution in [2.24, 2.45) is 0 Å². The van der Waals surface area contributed by atoms with Crippen molar-refractivity contribution in [3.05, 3.63) is 81.7 Å². The number of carbonyl (C=O) groups is 1. The smallest absolute Gasteiger partial charge is 0.416 e. The van der Waals surface area contributed by atoms with Gasteiger partial charge in [-0.25, -0.2) is 8.42 Å². The molecule has 0 amide bonds. The fourth-order valence-corrected chi connectivity index (χ4v) is 7.37. The summed E-state index contributed by atoms with van der Waals surface area (Å²) in [6.45, 7) is 0.393. The summed E-state index contributed by atoms with van der Waals surface area (Å²) in [5.74, 6) is 0.384. The highest BCUT2D eigenvalue weighted by Crippen LogP contribution is 2.33. The lowest BCUT2D eigenvalue weighted by molar-refractivity contribution is -0.137. The van der Waals surface area contributed by atoms with Gasteiger partial charge in [-0.1, -0.05) is 35.9 Å². The van der Waals surface area contributed by atoms with Gasteiger partial charge in [-0.2, -0.15) is 17.5 Å². The Labute approximate surface area is 216 Å². The summed E-state index contributed by atoms with van der Waals surface area (Å²) in [5.41, 5.74) is 0.717. The molecular weight excluding hydrogens is 535 g/mol. The number of thiophene rings is 1. The van der Waals surface area contributed by atoms with Gasteiger partial charge in [0.2, 0.25) is 0 Å². The molecule has 2 heterocycles. The fraction of sp³-hybridized carbons (Fsp3) is 0.320. The van der Waals surface area contributed by atoms with Crippen LogP contribution >= 0.6 is 22.9 Å². The first-order valence-electron chi connectivity index (χ1n) is 11.2. The van der Waals surface area contributed by atoms with Gasteiger partial charge >= 0.3 is 6.18 Å². The minimum Gasteiger partial charge on any atom is -0.489 e. The summed E-state index contributed by atoms with van der Waals surface area (Å²) in [6, 6.07) is 14.2. The van der Waals surface area contributed by atoms with Crippen LogP contribution in [0.2, 0.25) is 4.34 Å². The van der Waals surface area contributed by atoms with Crippen LogP contribution in [-0.4, -0.2) is 31.1 Å². The van der Waals surface area contributed by atoms with E-state index in [-0.39, 0.29) is 23.0 Å². The quantitative estimate of drug-likeness (QED) is 0.307. The van der Waals surface area contributed by atoms with Crippen LogP contribution in [0, 0.1) is 0 Å². The van der Waals surface area contributed by atoms with E-state index in [0.717, 1.165) is 29.0 Å². The molecule has 0 spiro atoms. The van der Waals surface area contributed by atoms with Gasteiger partial charge < -0.3 is 4.74 Å². The molecule has 36 heavy (non-hydrogen) atoms. The van der Waals surface area contributed by atoms with Crippen molar-refractivity contribution >= 4 is 38.7 Å². The molecule has 1 aliphatic heterocycles. The molecule has 192 valence electrons. The van der Waals surface area contributed by atoms with Crippen LogP contribution in [0.15, 0.2) is 64.9 Å². The van der Waals surface area contributed by atoms with Crippen molar-refractivity contribution in [3.8, 4) is 5.75 Å². The van der Waals surface area contributed by atoms with Gasteiger partial charge in [0.1, 0.15) is 16.6 Å². The first kappa shape index (κ1) is 26.7. The Morgan fingerprint density at radius 2 is 1.83 bits per heavy atom. The first-order valence-corrected chi connectivity index (χ1v) is 13.9. The van der Waals surface area contributed by atoms with Crippen molar-refractivity contribution in [2.45, 2.75) is 48.7 Å². The Bertz CT molecular complexity index is 1320. The molecular formula is C25H23ClF3NO4S2. The number of carbonyl (C=O) groups excluding carboxylic acids is 1. The maximum absolute atomic E-state index is 13.0. The summed E-state index contributed by atoms with van der Waals surface area (Å²) < 4.78 is 71.6. The number of Topliss-reactive ketones (excluding diaryl/α,β-unsaturated/α-hetero) is 1. The Morgan fingerprint density at radius 3 is 2.50 bits per heavy atom. The first-order chi connectivity index (χ1) is 17.0. The zero-order chi connectivity index (χ0) is 25.9. The summed E-state index contributed by atoms with van der Waals surface area (Å²) in [6.07, 6.45) is -2.71. The Hall–Kier alpha value is -2.40. The Kier molecular flexibility index (Phi) is 8.09. The average Bonchev–Trinajstić information content (AvgIpc) is 3.51. The van der Waals surface area contributed by atoms with Crippen LogP contribution < -0.4 is 4.74 Å². The van der Waals surface area contributed by atoms with E-state index in [1.54, 1.807) is 18.2 Å². The van der Waals surface area contributed by atoms with E-state index in [2.05, 4.69) is 0 Å². The minimum atomic E-state index is -4.39. The molecule has 11 heteroatoms. The number of alkyl halides is 3. The highest BCUT2D eigenvalue weighted by Gasteiger charge is 2.39. The monoisotopic (exact) mass is 557 g/mol. The number of halogens is 4. The topological polar surface area (TPSA) is 63.7 Å². The molecule has 1 fully saturated rings. The van der Waals surface area contributed by atoms with Crippen LogP contribution in [0.5, 0.6) is 5.75 Å². The minimum absolute atomic E-state index is 0.0994. The average molecular weight is 558 g/mol. The summed E-state index contributed by atoms with van der Waals surface area (Å²) in [7, 11) is -3.78. The molecule has 0 unspecified atom stereocenters. The number of aryl methyl sites for hydroxylation is 1. The number of hydrogen-bond donors (Lipinski definition) is 0. The van der Waals surface area contributed by atoms with Gasteiger partial charge in [0.15, 0.2) is 5.78 Å². The molecule has 0 saturated carbocycles. The van der Waals surface area contributed by atoms with Gasteiger partial charge in [-0.05, 0) is 66.8 Å². The number of hydrogen-bond acceptors (Lipinski definition) is 5. The van der Waals surface area contributed by atoms with Gasteiger partial charge in [0.25, 0.3) is 10.0 Å². The number of benzene rings is 2. The molecule has 0 radical (unpaired) electrons. The third-order valence-corrected chi connectivity index (χ3v) is 9.54. The van der Waals surface area contributed by atoms with Crippen molar-refractivity contribution in [1.82, 2.24) is 4.31 Å². The Morgan fingerprint density at radius 1 is 1.08 bits per heavy atom. The van der Waals surface area contributed by atoms with Gasteiger partial charge in [0.05, 0.1) is 15.9 Å². The second-order valence-electron chi connectivity index (χ2n) is 8.43. The second kappa shape index (κ2) is 10.9. The van der Waals surface area contributed by atoms with Gasteiger partial charge in [-0.3, -0.25) is 4.79 Å². The number of nitrogens with zero attached hydrogens (tertiary/aromatic N) is 1. The molecule has 2 aromatic carbocycles. The van der Waals surface area contributed by atoms with Crippen molar-refractivity contribution < 1.29 is 31.1 Å².